The Morgan fingerprint density at radius 3 is 2.47 bits per heavy atom. The van der Waals surface area contributed by atoms with Gasteiger partial charge in [0.2, 0.25) is 12.3 Å². The van der Waals surface area contributed by atoms with Crippen LogP contribution < -0.4 is 4.90 Å². The van der Waals surface area contributed by atoms with Gasteiger partial charge in [0, 0.05) is 17.2 Å². The van der Waals surface area contributed by atoms with Gasteiger partial charge in [0.25, 0.3) is 0 Å². The van der Waals surface area contributed by atoms with Gasteiger partial charge in [-0.25, -0.2) is 0 Å². The predicted octanol–water partition coefficient (Wildman–Crippen LogP) is 1.43. The number of pyridine rings is 1. The van der Waals surface area contributed by atoms with Crippen molar-refractivity contribution in [2.45, 2.75) is 20.8 Å². The first-order valence-corrected chi connectivity index (χ1v) is 5.10. The number of aldehydes is 1. The molecular formula is C12H14N2O3. The summed E-state index contributed by atoms with van der Waals surface area (Å²) < 4.78 is 0. The quantitative estimate of drug-likeness (QED) is 0.742. The highest BCUT2D eigenvalue weighted by molar-refractivity contribution is 6.11. The number of carbonyl (C=O) groups excluding carboxylic acids is 3. The fraction of sp³-hybridized carbons (Fsp3) is 0.333. The van der Waals surface area contributed by atoms with E-state index in [0.29, 0.717) is 12.7 Å². The van der Waals surface area contributed by atoms with E-state index in [4.69, 9.17) is 0 Å². The summed E-state index contributed by atoms with van der Waals surface area (Å²) in [7, 11) is 0. The summed E-state index contributed by atoms with van der Waals surface area (Å²) >= 11 is 0. The molecule has 0 aliphatic carbocycles. The van der Waals surface area contributed by atoms with Gasteiger partial charge < -0.3 is 0 Å². The molecule has 2 amide bonds. The molecule has 1 rings (SSSR count). The molecule has 0 aliphatic heterocycles. The summed E-state index contributed by atoms with van der Waals surface area (Å²) in [6, 6.07) is 1.45. The molecule has 0 N–H and O–H groups in total. The number of carbonyl (C=O) groups is 3. The van der Waals surface area contributed by atoms with Crippen LogP contribution in [0.15, 0.2) is 18.5 Å². The van der Waals surface area contributed by atoms with Gasteiger partial charge in [-0.15, -0.1) is 0 Å². The highest BCUT2D eigenvalue weighted by Crippen LogP contribution is 2.23. The summed E-state index contributed by atoms with van der Waals surface area (Å²) in [6.07, 6.45) is 3.74. The van der Waals surface area contributed by atoms with Crippen LogP contribution in [0.4, 0.5) is 5.69 Å². The van der Waals surface area contributed by atoms with Crippen LogP contribution in [0.1, 0.15) is 31.1 Å². The summed E-state index contributed by atoms with van der Waals surface area (Å²) in [5.41, 5.74) is -0.251. The minimum Gasteiger partial charge on any atom is -0.298 e. The maximum Gasteiger partial charge on any atom is 0.238 e. The van der Waals surface area contributed by atoms with Crippen molar-refractivity contribution in [3.05, 3.63) is 24.0 Å². The van der Waals surface area contributed by atoms with Gasteiger partial charge >= 0.3 is 0 Å². The minimum atomic E-state index is -0.711. The van der Waals surface area contributed by atoms with E-state index in [1.165, 1.54) is 18.5 Å². The highest BCUT2D eigenvalue weighted by atomic mass is 16.2. The molecule has 1 aromatic heterocycles. The third kappa shape index (κ3) is 2.75. The molecule has 0 aliphatic rings. The molecule has 0 bridgehead atoms. The minimum absolute atomic E-state index is 0.206. The molecule has 1 heterocycles. The highest BCUT2D eigenvalue weighted by Gasteiger charge is 2.29. The van der Waals surface area contributed by atoms with E-state index in [2.05, 4.69) is 4.98 Å². The van der Waals surface area contributed by atoms with Crippen LogP contribution in [0.2, 0.25) is 0 Å². The van der Waals surface area contributed by atoms with E-state index in [-0.39, 0.29) is 17.2 Å². The van der Waals surface area contributed by atoms with Gasteiger partial charge in [-0.2, -0.15) is 0 Å². The Hall–Kier alpha value is -2.04. The van der Waals surface area contributed by atoms with E-state index >= 15 is 0 Å². The molecule has 1 aromatic rings. The average Bonchev–Trinajstić information content (AvgIpc) is 2.29. The van der Waals surface area contributed by atoms with Gasteiger partial charge in [0.05, 0.1) is 11.9 Å². The van der Waals surface area contributed by atoms with Crippen LogP contribution in [0.5, 0.6) is 0 Å². The Morgan fingerprint density at radius 2 is 2.00 bits per heavy atom. The van der Waals surface area contributed by atoms with Gasteiger partial charge in [0.15, 0.2) is 6.29 Å². The van der Waals surface area contributed by atoms with Crippen molar-refractivity contribution in [1.82, 2.24) is 4.98 Å². The number of hydrogen-bond donors (Lipinski definition) is 0. The number of imide groups is 1. The maximum absolute atomic E-state index is 12.0. The van der Waals surface area contributed by atoms with E-state index in [1.54, 1.807) is 20.8 Å². The molecule has 0 fully saturated rings. The van der Waals surface area contributed by atoms with Crippen LogP contribution in [-0.4, -0.2) is 23.6 Å². The van der Waals surface area contributed by atoms with Crippen LogP contribution >= 0.6 is 0 Å². The third-order valence-corrected chi connectivity index (χ3v) is 2.19. The van der Waals surface area contributed by atoms with E-state index in [1.807, 2.05) is 0 Å². The number of anilines is 1. The molecule has 0 spiro atoms. The molecule has 0 unspecified atom stereocenters. The molecule has 5 heteroatoms. The maximum atomic E-state index is 12.0. The van der Waals surface area contributed by atoms with Crippen molar-refractivity contribution in [2.24, 2.45) is 5.41 Å². The lowest BCUT2D eigenvalue weighted by atomic mass is 9.94. The number of nitrogens with zero attached hydrogens (tertiary/aromatic N) is 2. The van der Waals surface area contributed by atoms with Gasteiger partial charge in [-0.3, -0.25) is 24.3 Å². The molecule has 90 valence electrons. The van der Waals surface area contributed by atoms with Crippen LogP contribution in [-0.2, 0) is 9.59 Å². The number of hydrogen-bond acceptors (Lipinski definition) is 4. The topological polar surface area (TPSA) is 67.3 Å². The van der Waals surface area contributed by atoms with Crippen LogP contribution in [0.25, 0.3) is 0 Å². The van der Waals surface area contributed by atoms with E-state index < -0.39 is 5.41 Å². The zero-order valence-electron chi connectivity index (χ0n) is 10.0. The SMILES string of the molecule is CC(C)(C)C(=O)N(C=O)c1cnccc1C=O. The summed E-state index contributed by atoms with van der Waals surface area (Å²) in [4.78, 5) is 38.6. The average molecular weight is 234 g/mol. The van der Waals surface area contributed by atoms with Crippen LogP contribution in [0, 0.1) is 5.41 Å². The van der Waals surface area contributed by atoms with Gasteiger partial charge in [0.1, 0.15) is 0 Å². The lowest BCUT2D eigenvalue weighted by Gasteiger charge is -2.25. The monoisotopic (exact) mass is 234 g/mol. The second-order valence-corrected chi connectivity index (χ2v) is 4.58. The van der Waals surface area contributed by atoms with Crippen molar-refractivity contribution in [3.63, 3.8) is 0 Å². The van der Waals surface area contributed by atoms with Crippen molar-refractivity contribution in [1.29, 1.82) is 0 Å². The Labute approximate surface area is 99.5 Å². The molecule has 5 nitrogen and oxygen atoms in total. The predicted molar refractivity (Wildman–Crippen MR) is 62.6 cm³/mol. The lowest BCUT2D eigenvalue weighted by molar-refractivity contribution is -0.128. The van der Waals surface area contributed by atoms with Crippen molar-refractivity contribution in [2.75, 3.05) is 4.90 Å². The van der Waals surface area contributed by atoms with E-state index in [9.17, 15) is 14.4 Å². The summed E-state index contributed by atoms with van der Waals surface area (Å²) in [5, 5.41) is 0. The standard InChI is InChI=1S/C12H14N2O3/c1-12(2,3)11(17)14(8-16)10-6-13-5-4-9(10)7-15/h4-8H,1-3H3. The van der Waals surface area contributed by atoms with Crippen molar-refractivity contribution in [3.8, 4) is 0 Å². The summed E-state index contributed by atoms with van der Waals surface area (Å²) in [5.74, 6) is -0.386. The van der Waals surface area contributed by atoms with Crippen molar-refractivity contribution >= 4 is 24.3 Å². The molecule has 0 saturated carbocycles. The Kier molecular flexibility index (Phi) is 3.73. The van der Waals surface area contributed by atoms with Crippen LogP contribution in [0.3, 0.4) is 0 Å². The van der Waals surface area contributed by atoms with Gasteiger partial charge in [-0.05, 0) is 6.07 Å². The zero-order valence-corrected chi connectivity index (χ0v) is 10.0. The van der Waals surface area contributed by atoms with Gasteiger partial charge in [-0.1, -0.05) is 20.8 Å². The fourth-order valence-corrected chi connectivity index (χ4v) is 1.27. The van der Waals surface area contributed by atoms with E-state index in [0.717, 1.165) is 4.90 Å². The largest absolute Gasteiger partial charge is 0.298 e. The Balaban J connectivity index is 3.23. The first kappa shape index (κ1) is 13.0. The van der Waals surface area contributed by atoms with Crippen molar-refractivity contribution < 1.29 is 14.4 Å². The smallest absolute Gasteiger partial charge is 0.238 e. The molecular weight excluding hydrogens is 220 g/mol. The first-order chi connectivity index (χ1) is 7.91. The molecule has 0 atom stereocenters. The lowest BCUT2D eigenvalue weighted by Crippen LogP contribution is -2.39. The Bertz CT molecular complexity index is 449. The molecule has 0 radical (unpaired) electrons. The first-order valence-electron chi connectivity index (χ1n) is 5.10. The normalized spacial score (nSPS) is 10.8. The number of rotatable bonds is 3. The number of aromatic nitrogens is 1. The Morgan fingerprint density at radius 1 is 1.35 bits per heavy atom. The second-order valence-electron chi connectivity index (χ2n) is 4.58. The summed E-state index contributed by atoms with van der Waals surface area (Å²) in [6.45, 7) is 5.09. The number of amides is 2. The molecule has 0 aromatic carbocycles. The fourth-order valence-electron chi connectivity index (χ4n) is 1.27. The molecule has 17 heavy (non-hydrogen) atoms. The molecule has 0 saturated heterocycles. The second kappa shape index (κ2) is 4.86. The zero-order chi connectivity index (χ0) is 13.1. The third-order valence-electron chi connectivity index (χ3n) is 2.19.